The smallest absolute Gasteiger partial charge is 0.332 e. The summed E-state index contributed by atoms with van der Waals surface area (Å²) in [5, 5.41) is 0. The lowest BCUT2D eigenvalue weighted by atomic mass is 9.77. The Bertz CT molecular complexity index is 497. The van der Waals surface area contributed by atoms with Crippen LogP contribution in [0.4, 0.5) is 0 Å². The molecular formula is C17H31NO5S. The number of nitrogens with zero attached hydrogens (tertiary/aromatic N) is 1. The monoisotopic (exact) mass is 361 g/mol. The Labute approximate surface area is 145 Å². The van der Waals surface area contributed by atoms with Gasteiger partial charge in [0.05, 0.1) is 18.1 Å². The molecule has 140 valence electrons. The van der Waals surface area contributed by atoms with E-state index in [9.17, 15) is 13.2 Å². The van der Waals surface area contributed by atoms with Crippen LogP contribution >= 0.6 is 0 Å². The molecule has 0 N–H and O–H groups in total. The molecule has 6 nitrogen and oxygen atoms in total. The Balaban J connectivity index is 1.66. The van der Waals surface area contributed by atoms with E-state index in [4.69, 9.17) is 9.47 Å². The van der Waals surface area contributed by atoms with E-state index in [0.29, 0.717) is 32.2 Å². The first-order valence-electron chi connectivity index (χ1n) is 9.05. The highest BCUT2D eigenvalue weighted by atomic mass is 32.2. The molecule has 0 aromatic carbocycles. The van der Waals surface area contributed by atoms with Crippen molar-refractivity contribution in [1.29, 1.82) is 0 Å². The lowest BCUT2D eigenvalue weighted by Gasteiger charge is -2.40. The van der Waals surface area contributed by atoms with Crippen LogP contribution in [-0.4, -0.2) is 69.2 Å². The fraction of sp³-hybridized carbons (Fsp3) is 0.941. The predicted molar refractivity (Wildman–Crippen MR) is 92.7 cm³/mol. The van der Waals surface area contributed by atoms with Crippen LogP contribution in [0.5, 0.6) is 0 Å². The van der Waals surface area contributed by atoms with Crippen molar-refractivity contribution in [2.45, 2.75) is 51.6 Å². The molecule has 0 aromatic rings. The fourth-order valence-corrected chi connectivity index (χ4v) is 4.80. The summed E-state index contributed by atoms with van der Waals surface area (Å²) < 4.78 is 34.0. The molecule has 1 aliphatic heterocycles. The number of esters is 1. The molecule has 1 heterocycles. The Morgan fingerprint density at radius 1 is 1.12 bits per heavy atom. The number of hydrogen-bond acceptors (Lipinski definition) is 6. The van der Waals surface area contributed by atoms with Gasteiger partial charge in [0.15, 0.2) is 9.84 Å². The summed E-state index contributed by atoms with van der Waals surface area (Å²) in [6, 6.07) is 0. The van der Waals surface area contributed by atoms with Crippen LogP contribution in [0.2, 0.25) is 0 Å². The molecule has 1 saturated heterocycles. The summed E-state index contributed by atoms with van der Waals surface area (Å²) in [5.41, 5.74) is -0.320. The molecule has 7 heteroatoms. The maximum Gasteiger partial charge on any atom is 0.332 e. The molecule has 0 amide bonds. The maximum absolute atomic E-state index is 12.1. The minimum absolute atomic E-state index is 0.0272. The first-order chi connectivity index (χ1) is 11.3. The first kappa shape index (κ1) is 19.7. The van der Waals surface area contributed by atoms with E-state index in [2.05, 4.69) is 18.7 Å². The Kier molecular flexibility index (Phi) is 7.07. The number of sulfone groups is 1. The molecule has 0 unspecified atom stereocenters. The average Bonchev–Trinajstić information content (AvgIpc) is 2.53. The zero-order valence-corrected chi connectivity index (χ0v) is 15.8. The second kappa shape index (κ2) is 8.63. The number of ether oxygens (including phenoxy) is 2. The third-order valence-electron chi connectivity index (χ3n) is 5.28. The van der Waals surface area contributed by atoms with E-state index < -0.39 is 9.84 Å². The van der Waals surface area contributed by atoms with Crippen molar-refractivity contribution in [3.05, 3.63) is 0 Å². The largest absolute Gasteiger partial charge is 0.457 e. The molecule has 2 rings (SSSR count). The van der Waals surface area contributed by atoms with E-state index in [-0.39, 0.29) is 29.7 Å². The summed E-state index contributed by atoms with van der Waals surface area (Å²) in [5.74, 6) is 0.460. The van der Waals surface area contributed by atoms with Gasteiger partial charge >= 0.3 is 5.97 Å². The highest BCUT2D eigenvalue weighted by molar-refractivity contribution is 7.91. The molecule has 0 spiro atoms. The molecule has 0 atom stereocenters. The van der Waals surface area contributed by atoms with E-state index >= 15 is 0 Å². The van der Waals surface area contributed by atoms with Crippen molar-refractivity contribution >= 4 is 15.8 Å². The Hall–Kier alpha value is -0.660. The zero-order chi connectivity index (χ0) is 17.6. The van der Waals surface area contributed by atoms with Crippen LogP contribution in [0, 0.1) is 5.92 Å². The van der Waals surface area contributed by atoms with Crippen LogP contribution in [0.1, 0.15) is 46.0 Å². The molecule has 2 aliphatic rings. The predicted octanol–water partition coefficient (Wildman–Crippen LogP) is 1.64. The zero-order valence-electron chi connectivity index (χ0n) is 15.0. The molecule has 2 fully saturated rings. The lowest BCUT2D eigenvalue weighted by molar-refractivity contribution is -0.174. The topological polar surface area (TPSA) is 72.9 Å². The quantitative estimate of drug-likeness (QED) is 0.507. The molecule has 0 aromatic heterocycles. The summed E-state index contributed by atoms with van der Waals surface area (Å²) in [7, 11) is -2.85. The lowest BCUT2D eigenvalue weighted by Crippen LogP contribution is -2.43. The van der Waals surface area contributed by atoms with Gasteiger partial charge in [-0.1, -0.05) is 20.3 Å². The third kappa shape index (κ3) is 5.70. The van der Waals surface area contributed by atoms with Crippen molar-refractivity contribution in [3.8, 4) is 0 Å². The van der Waals surface area contributed by atoms with Crippen molar-refractivity contribution in [3.63, 3.8) is 0 Å². The number of carbonyl (C=O) groups excluding carboxylic acids is 1. The number of carbonyl (C=O) groups is 1. The molecular weight excluding hydrogens is 330 g/mol. The standard InChI is InChI=1S/C17H31NO5S/c1-15(2)17(6-4-3-5-7-17)23-16(19)14-22-11-8-18-9-12-24(20,21)13-10-18/h15H,3-14H2,1-2H3. The van der Waals surface area contributed by atoms with Gasteiger partial charge in [-0.3, -0.25) is 4.90 Å². The minimum atomic E-state index is -2.85. The van der Waals surface area contributed by atoms with Gasteiger partial charge in [0.25, 0.3) is 0 Å². The van der Waals surface area contributed by atoms with Gasteiger partial charge in [-0.15, -0.1) is 0 Å². The number of hydrogen-bond donors (Lipinski definition) is 0. The van der Waals surface area contributed by atoms with Crippen molar-refractivity contribution in [1.82, 2.24) is 4.90 Å². The first-order valence-corrected chi connectivity index (χ1v) is 10.9. The van der Waals surface area contributed by atoms with Crippen LogP contribution in [0.25, 0.3) is 0 Å². The van der Waals surface area contributed by atoms with Gasteiger partial charge in [-0.25, -0.2) is 13.2 Å². The van der Waals surface area contributed by atoms with Gasteiger partial charge in [-0.05, 0) is 31.6 Å². The van der Waals surface area contributed by atoms with Crippen molar-refractivity contribution in [2.24, 2.45) is 5.92 Å². The second-order valence-corrected chi connectivity index (χ2v) is 9.60. The van der Waals surface area contributed by atoms with Gasteiger partial charge in [0.2, 0.25) is 0 Å². The second-order valence-electron chi connectivity index (χ2n) is 7.30. The minimum Gasteiger partial charge on any atom is -0.457 e. The fourth-order valence-electron chi connectivity index (χ4n) is 3.53. The molecule has 0 radical (unpaired) electrons. The summed E-state index contributed by atoms with van der Waals surface area (Å²) >= 11 is 0. The van der Waals surface area contributed by atoms with E-state index in [1.807, 2.05) is 0 Å². The van der Waals surface area contributed by atoms with E-state index in [1.165, 1.54) is 6.42 Å². The van der Waals surface area contributed by atoms with Gasteiger partial charge < -0.3 is 9.47 Å². The van der Waals surface area contributed by atoms with Crippen LogP contribution < -0.4 is 0 Å². The number of rotatable bonds is 7. The Morgan fingerprint density at radius 3 is 2.33 bits per heavy atom. The van der Waals surface area contributed by atoms with Crippen molar-refractivity contribution in [2.75, 3.05) is 44.4 Å². The molecule has 1 aliphatic carbocycles. The highest BCUT2D eigenvalue weighted by Crippen LogP contribution is 2.37. The van der Waals surface area contributed by atoms with Crippen molar-refractivity contribution < 1.29 is 22.7 Å². The van der Waals surface area contributed by atoms with E-state index in [0.717, 1.165) is 25.7 Å². The van der Waals surface area contributed by atoms with Gasteiger partial charge in [0, 0.05) is 19.6 Å². The summed E-state index contributed by atoms with van der Waals surface area (Å²) in [4.78, 5) is 14.2. The molecule has 0 bridgehead atoms. The van der Waals surface area contributed by atoms with Gasteiger partial charge in [0.1, 0.15) is 12.2 Å². The Morgan fingerprint density at radius 2 is 1.75 bits per heavy atom. The van der Waals surface area contributed by atoms with Gasteiger partial charge in [-0.2, -0.15) is 0 Å². The van der Waals surface area contributed by atoms with E-state index in [1.54, 1.807) is 0 Å². The molecule has 1 saturated carbocycles. The molecule has 24 heavy (non-hydrogen) atoms. The summed E-state index contributed by atoms with van der Waals surface area (Å²) in [6.45, 7) is 6.37. The highest BCUT2D eigenvalue weighted by Gasteiger charge is 2.38. The SMILES string of the molecule is CC(C)C1(OC(=O)COCCN2CCS(=O)(=O)CC2)CCCCC1. The van der Waals surface area contributed by atoms with Crippen LogP contribution in [-0.2, 0) is 24.1 Å². The van der Waals surface area contributed by atoms with Crippen LogP contribution in [0.3, 0.4) is 0 Å². The normalized spacial score (nSPS) is 24.0. The van der Waals surface area contributed by atoms with Crippen LogP contribution in [0.15, 0.2) is 0 Å². The average molecular weight is 362 g/mol. The third-order valence-corrected chi connectivity index (χ3v) is 6.89. The maximum atomic E-state index is 12.1. The summed E-state index contributed by atoms with van der Waals surface area (Å²) in [6.07, 6.45) is 5.33.